The second-order valence-electron chi connectivity index (χ2n) is 4.40. The molecule has 1 nitrogen and oxygen atoms in total. The molecule has 16 heavy (non-hydrogen) atoms. The highest BCUT2D eigenvalue weighted by Gasteiger charge is 2.11. The van der Waals surface area contributed by atoms with Gasteiger partial charge in [-0.25, -0.2) is 4.39 Å². The summed E-state index contributed by atoms with van der Waals surface area (Å²) < 4.78 is 13.4. The van der Waals surface area contributed by atoms with E-state index >= 15 is 0 Å². The maximum Gasteiger partial charge on any atom is 0.127 e. The van der Waals surface area contributed by atoms with Crippen molar-refractivity contribution < 1.29 is 9.50 Å². The first-order chi connectivity index (χ1) is 7.52. The second kappa shape index (κ2) is 6.21. The van der Waals surface area contributed by atoms with Gasteiger partial charge in [0, 0.05) is 10.6 Å². The highest BCUT2D eigenvalue weighted by Crippen LogP contribution is 2.21. The molecule has 0 aliphatic heterocycles. The predicted molar refractivity (Wildman–Crippen MR) is 65.2 cm³/mol. The van der Waals surface area contributed by atoms with Gasteiger partial charge in [-0.3, -0.25) is 0 Å². The van der Waals surface area contributed by atoms with Crippen LogP contribution in [0.3, 0.4) is 0 Å². The molecule has 0 bridgehead atoms. The Balaban J connectivity index is 2.49. The van der Waals surface area contributed by atoms with E-state index in [0.29, 0.717) is 23.4 Å². The zero-order valence-electron chi connectivity index (χ0n) is 9.71. The average Bonchev–Trinajstić information content (AvgIpc) is 2.22. The molecule has 0 aliphatic rings. The van der Waals surface area contributed by atoms with Crippen molar-refractivity contribution in [1.82, 2.24) is 0 Å². The lowest BCUT2D eigenvalue weighted by molar-refractivity contribution is 0.114. The summed E-state index contributed by atoms with van der Waals surface area (Å²) in [6, 6.07) is 4.71. The first-order valence-corrected chi connectivity index (χ1v) is 6.01. The van der Waals surface area contributed by atoms with Crippen molar-refractivity contribution in [3.63, 3.8) is 0 Å². The average molecular weight is 245 g/mol. The van der Waals surface area contributed by atoms with Crippen molar-refractivity contribution in [2.75, 3.05) is 0 Å². The van der Waals surface area contributed by atoms with Crippen molar-refractivity contribution in [3.05, 3.63) is 34.6 Å². The van der Waals surface area contributed by atoms with Gasteiger partial charge in [0.1, 0.15) is 5.82 Å². The summed E-state index contributed by atoms with van der Waals surface area (Å²) in [4.78, 5) is 0. The highest BCUT2D eigenvalue weighted by molar-refractivity contribution is 6.31. The van der Waals surface area contributed by atoms with Crippen LogP contribution in [0.4, 0.5) is 4.39 Å². The lowest BCUT2D eigenvalue weighted by Gasteiger charge is -2.14. The Morgan fingerprint density at radius 2 is 2.06 bits per heavy atom. The van der Waals surface area contributed by atoms with Gasteiger partial charge in [0.15, 0.2) is 0 Å². The number of aliphatic hydroxyl groups excluding tert-OH is 1. The van der Waals surface area contributed by atoms with Crippen molar-refractivity contribution >= 4 is 11.6 Å². The minimum Gasteiger partial charge on any atom is -0.393 e. The Morgan fingerprint density at radius 1 is 1.38 bits per heavy atom. The van der Waals surface area contributed by atoms with Gasteiger partial charge in [-0.05, 0) is 37.3 Å². The van der Waals surface area contributed by atoms with Crippen LogP contribution in [0.2, 0.25) is 5.02 Å². The van der Waals surface area contributed by atoms with Crippen molar-refractivity contribution in [1.29, 1.82) is 0 Å². The number of aliphatic hydroxyl groups is 1. The Kier molecular flexibility index (Phi) is 5.23. The monoisotopic (exact) mass is 244 g/mol. The van der Waals surface area contributed by atoms with E-state index in [1.165, 1.54) is 6.07 Å². The number of hydrogen-bond acceptors (Lipinski definition) is 1. The molecule has 0 heterocycles. The predicted octanol–water partition coefficient (Wildman–Crippen LogP) is 3.82. The van der Waals surface area contributed by atoms with Crippen LogP contribution in [-0.4, -0.2) is 11.2 Å². The van der Waals surface area contributed by atoms with Crippen LogP contribution in [0.25, 0.3) is 0 Å². The molecule has 0 saturated carbocycles. The number of halogens is 2. The Bertz CT molecular complexity index is 318. The summed E-state index contributed by atoms with van der Waals surface area (Å²) >= 11 is 5.90. The standard InChI is InChI=1S/C13H18ClFO/c1-9(2)13(16)8-3-5-10-11(14)6-4-7-12(10)15/h4,6-7,9,13,16H,3,5,8H2,1-2H3. The molecule has 1 aromatic rings. The molecular formula is C13H18ClFO. The first-order valence-electron chi connectivity index (χ1n) is 5.63. The molecule has 0 fully saturated rings. The highest BCUT2D eigenvalue weighted by atomic mass is 35.5. The van der Waals surface area contributed by atoms with Crippen LogP contribution < -0.4 is 0 Å². The summed E-state index contributed by atoms with van der Waals surface area (Å²) in [5.41, 5.74) is 0.556. The molecule has 0 spiro atoms. The van der Waals surface area contributed by atoms with Crippen LogP contribution in [0.1, 0.15) is 32.3 Å². The van der Waals surface area contributed by atoms with Gasteiger partial charge < -0.3 is 5.11 Å². The minimum absolute atomic E-state index is 0.246. The van der Waals surface area contributed by atoms with E-state index in [4.69, 9.17) is 11.6 Å². The first kappa shape index (κ1) is 13.5. The van der Waals surface area contributed by atoms with Crippen LogP contribution in [-0.2, 0) is 6.42 Å². The van der Waals surface area contributed by atoms with Crippen molar-refractivity contribution in [3.8, 4) is 0 Å². The maximum absolute atomic E-state index is 13.4. The molecule has 0 amide bonds. The fourth-order valence-corrected chi connectivity index (χ4v) is 1.85. The van der Waals surface area contributed by atoms with E-state index in [2.05, 4.69) is 0 Å². The molecule has 0 radical (unpaired) electrons. The summed E-state index contributed by atoms with van der Waals surface area (Å²) in [5.74, 6) is -0.0115. The van der Waals surface area contributed by atoms with Gasteiger partial charge in [-0.1, -0.05) is 31.5 Å². The zero-order chi connectivity index (χ0) is 12.1. The summed E-state index contributed by atoms with van der Waals surface area (Å²) in [6.07, 6.45) is 1.70. The molecule has 1 N–H and O–H groups in total. The van der Waals surface area contributed by atoms with Gasteiger partial charge in [-0.15, -0.1) is 0 Å². The van der Waals surface area contributed by atoms with E-state index < -0.39 is 0 Å². The van der Waals surface area contributed by atoms with E-state index in [1.54, 1.807) is 12.1 Å². The molecule has 0 aromatic heterocycles. The second-order valence-corrected chi connectivity index (χ2v) is 4.81. The van der Waals surface area contributed by atoms with Crippen molar-refractivity contribution in [2.45, 2.75) is 39.2 Å². The van der Waals surface area contributed by atoms with Gasteiger partial charge in [-0.2, -0.15) is 0 Å². The number of hydrogen-bond donors (Lipinski definition) is 1. The number of rotatable bonds is 5. The lowest BCUT2D eigenvalue weighted by atomic mass is 9.99. The third-order valence-corrected chi connectivity index (χ3v) is 3.11. The van der Waals surface area contributed by atoms with Crippen LogP contribution >= 0.6 is 11.6 Å². The molecule has 1 atom stereocenters. The normalized spacial score (nSPS) is 13.1. The van der Waals surface area contributed by atoms with E-state index in [9.17, 15) is 9.50 Å². The Morgan fingerprint density at radius 3 is 2.62 bits per heavy atom. The van der Waals surface area contributed by atoms with Gasteiger partial charge in [0.05, 0.1) is 6.10 Å². The van der Waals surface area contributed by atoms with Gasteiger partial charge in [0.25, 0.3) is 0 Å². The molecule has 90 valence electrons. The molecular weight excluding hydrogens is 227 g/mol. The lowest BCUT2D eigenvalue weighted by Crippen LogP contribution is -2.14. The van der Waals surface area contributed by atoms with Gasteiger partial charge in [0.2, 0.25) is 0 Å². The smallest absolute Gasteiger partial charge is 0.127 e. The summed E-state index contributed by atoms with van der Waals surface area (Å²) in [5, 5.41) is 10.1. The quantitative estimate of drug-likeness (QED) is 0.835. The zero-order valence-corrected chi connectivity index (χ0v) is 10.5. The summed E-state index contributed by atoms with van der Waals surface area (Å²) in [7, 11) is 0. The van der Waals surface area contributed by atoms with Crippen molar-refractivity contribution in [2.24, 2.45) is 5.92 Å². The van der Waals surface area contributed by atoms with Crippen LogP contribution in [0, 0.1) is 11.7 Å². The van der Waals surface area contributed by atoms with E-state index in [0.717, 1.165) is 6.42 Å². The molecule has 1 rings (SSSR count). The third kappa shape index (κ3) is 3.76. The fraction of sp³-hybridized carbons (Fsp3) is 0.538. The van der Waals surface area contributed by atoms with Gasteiger partial charge >= 0.3 is 0 Å². The molecule has 0 saturated heterocycles. The van der Waals surface area contributed by atoms with E-state index in [-0.39, 0.29) is 17.8 Å². The Hall–Kier alpha value is -0.600. The largest absolute Gasteiger partial charge is 0.393 e. The topological polar surface area (TPSA) is 20.2 Å². The fourth-order valence-electron chi connectivity index (χ4n) is 1.59. The maximum atomic E-state index is 13.4. The SMILES string of the molecule is CC(C)C(O)CCCc1c(F)cccc1Cl. The van der Waals surface area contributed by atoms with Crippen LogP contribution in [0.5, 0.6) is 0 Å². The molecule has 1 unspecified atom stereocenters. The Labute approximate surface area is 101 Å². The van der Waals surface area contributed by atoms with Crippen LogP contribution in [0.15, 0.2) is 18.2 Å². The molecule has 3 heteroatoms. The molecule has 0 aliphatic carbocycles. The van der Waals surface area contributed by atoms with E-state index in [1.807, 2.05) is 13.8 Å². The third-order valence-electron chi connectivity index (χ3n) is 2.76. The minimum atomic E-state index is -0.314. The number of benzene rings is 1. The molecule has 1 aromatic carbocycles. The summed E-state index contributed by atoms with van der Waals surface area (Å²) in [6.45, 7) is 3.95.